The first kappa shape index (κ1) is 11.1. The Balaban J connectivity index is 1.99. The van der Waals surface area contributed by atoms with Gasteiger partial charge < -0.3 is 5.32 Å². The molecule has 2 aromatic rings. The normalized spacial score (nSPS) is 10.1. The molecule has 0 fully saturated rings. The van der Waals surface area contributed by atoms with Crippen LogP contribution in [0.4, 0.5) is 10.1 Å². The number of hydrogen-bond donors (Lipinski definition) is 1. The summed E-state index contributed by atoms with van der Waals surface area (Å²) in [4.78, 5) is 0. The van der Waals surface area contributed by atoms with Gasteiger partial charge in [-0.05, 0) is 35.9 Å². The zero-order valence-corrected chi connectivity index (χ0v) is 10.2. The second kappa shape index (κ2) is 5.12. The van der Waals surface area contributed by atoms with Crippen LogP contribution in [0.5, 0.6) is 0 Å². The largest absolute Gasteiger partial charge is 0.381 e. The molecule has 3 heteroatoms. The minimum absolute atomic E-state index is 0.203. The Hall–Kier alpha value is -1.35. The molecule has 0 atom stereocenters. The van der Waals surface area contributed by atoms with Crippen molar-refractivity contribution in [1.29, 1.82) is 0 Å². The lowest BCUT2D eigenvalue weighted by molar-refractivity contribution is 0.627. The molecule has 0 aromatic heterocycles. The number of halogens is 2. The smallest absolute Gasteiger partial charge is 0.123 e. The van der Waals surface area contributed by atoms with E-state index in [1.54, 1.807) is 12.1 Å². The lowest BCUT2D eigenvalue weighted by Crippen LogP contribution is -1.98. The van der Waals surface area contributed by atoms with E-state index >= 15 is 0 Å². The van der Waals surface area contributed by atoms with E-state index in [1.165, 1.54) is 12.1 Å². The van der Waals surface area contributed by atoms with E-state index in [2.05, 4.69) is 21.2 Å². The lowest BCUT2D eigenvalue weighted by atomic mass is 10.2. The van der Waals surface area contributed by atoms with Crippen molar-refractivity contribution in [1.82, 2.24) is 0 Å². The summed E-state index contributed by atoms with van der Waals surface area (Å²) < 4.78 is 13.7. The Bertz CT molecular complexity index is 468. The topological polar surface area (TPSA) is 12.0 Å². The van der Waals surface area contributed by atoms with Crippen LogP contribution in [-0.2, 0) is 6.54 Å². The fourth-order valence-electron chi connectivity index (χ4n) is 1.40. The van der Waals surface area contributed by atoms with Crippen LogP contribution in [-0.4, -0.2) is 0 Å². The van der Waals surface area contributed by atoms with Crippen LogP contribution in [0.1, 0.15) is 5.56 Å². The third kappa shape index (κ3) is 3.07. The lowest BCUT2D eigenvalue weighted by Gasteiger charge is -2.06. The number of rotatable bonds is 3. The Kier molecular flexibility index (Phi) is 3.57. The highest BCUT2D eigenvalue weighted by molar-refractivity contribution is 9.10. The van der Waals surface area contributed by atoms with Gasteiger partial charge in [0.1, 0.15) is 5.82 Å². The average Bonchev–Trinajstić information content (AvgIpc) is 2.28. The zero-order valence-electron chi connectivity index (χ0n) is 8.58. The molecule has 2 aromatic carbocycles. The number of anilines is 1. The van der Waals surface area contributed by atoms with Crippen LogP contribution >= 0.6 is 15.9 Å². The van der Waals surface area contributed by atoms with Gasteiger partial charge in [-0.25, -0.2) is 4.39 Å². The van der Waals surface area contributed by atoms with Crippen LogP contribution < -0.4 is 5.32 Å². The molecule has 0 spiro atoms. The molecule has 0 saturated heterocycles. The average molecular weight is 280 g/mol. The third-order valence-corrected chi connectivity index (χ3v) is 2.73. The van der Waals surface area contributed by atoms with Crippen molar-refractivity contribution in [3.05, 3.63) is 64.4 Å². The predicted molar refractivity (Wildman–Crippen MR) is 67.9 cm³/mol. The van der Waals surface area contributed by atoms with E-state index in [4.69, 9.17) is 0 Å². The summed E-state index contributed by atoms with van der Waals surface area (Å²) in [7, 11) is 0. The molecule has 0 aliphatic carbocycles. The number of nitrogens with one attached hydrogen (secondary N) is 1. The Morgan fingerprint density at radius 3 is 2.50 bits per heavy atom. The second-order valence-corrected chi connectivity index (χ2v) is 4.41. The van der Waals surface area contributed by atoms with Crippen LogP contribution in [0.25, 0.3) is 0 Å². The van der Waals surface area contributed by atoms with E-state index in [0.717, 1.165) is 15.7 Å². The molecule has 1 nitrogen and oxygen atoms in total. The minimum atomic E-state index is -0.203. The van der Waals surface area contributed by atoms with Gasteiger partial charge in [-0.15, -0.1) is 0 Å². The van der Waals surface area contributed by atoms with Gasteiger partial charge in [-0.1, -0.05) is 34.1 Å². The molecule has 16 heavy (non-hydrogen) atoms. The fourth-order valence-corrected chi connectivity index (χ4v) is 1.80. The van der Waals surface area contributed by atoms with Gasteiger partial charge in [0.15, 0.2) is 0 Å². The Labute approximate surface area is 102 Å². The standard InChI is InChI=1S/C13H11BrFN/c14-11-2-1-3-13(8-11)16-9-10-4-6-12(15)7-5-10/h1-8,16H,9H2. The maximum absolute atomic E-state index is 12.7. The monoisotopic (exact) mass is 279 g/mol. The summed E-state index contributed by atoms with van der Waals surface area (Å²) in [5, 5.41) is 3.27. The highest BCUT2D eigenvalue weighted by atomic mass is 79.9. The van der Waals surface area contributed by atoms with Gasteiger partial charge in [0.05, 0.1) is 0 Å². The summed E-state index contributed by atoms with van der Waals surface area (Å²) in [6.45, 7) is 0.691. The second-order valence-electron chi connectivity index (χ2n) is 3.49. The summed E-state index contributed by atoms with van der Waals surface area (Å²) in [6, 6.07) is 14.4. The summed E-state index contributed by atoms with van der Waals surface area (Å²) in [5.74, 6) is -0.203. The van der Waals surface area contributed by atoms with E-state index in [-0.39, 0.29) is 5.82 Å². The molecule has 0 bridgehead atoms. The van der Waals surface area contributed by atoms with Crippen molar-refractivity contribution >= 4 is 21.6 Å². The van der Waals surface area contributed by atoms with Crippen molar-refractivity contribution in [3.8, 4) is 0 Å². The number of benzene rings is 2. The van der Waals surface area contributed by atoms with Gasteiger partial charge in [0.25, 0.3) is 0 Å². The molecule has 0 amide bonds. The Morgan fingerprint density at radius 2 is 1.81 bits per heavy atom. The SMILES string of the molecule is Fc1ccc(CNc2cccc(Br)c2)cc1. The van der Waals surface area contributed by atoms with E-state index in [1.807, 2.05) is 24.3 Å². The Morgan fingerprint density at radius 1 is 1.06 bits per heavy atom. The highest BCUT2D eigenvalue weighted by Gasteiger charge is 1.95. The molecule has 0 heterocycles. The zero-order chi connectivity index (χ0) is 11.4. The molecular formula is C13H11BrFN. The van der Waals surface area contributed by atoms with Crippen molar-refractivity contribution in [2.24, 2.45) is 0 Å². The van der Waals surface area contributed by atoms with E-state index in [9.17, 15) is 4.39 Å². The van der Waals surface area contributed by atoms with Crippen LogP contribution in [0, 0.1) is 5.82 Å². The maximum Gasteiger partial charge on any atom is 0.123 e. The molecule has 0 aliphatic rings. The molecule has 0 radical (unpaired) electrons. The van der Waals surface area contributed by atoms with Gasteiger partial charge in [0, 0.05) is 16.7 Å². The first-order valence-electron chi connectivity index (χ1n) is 4.98. The molecule has 1 N–H and O–H groups in total. The van der Waals surface area contributed by atoms with E-state index in [0.29, 0.717) is 6.54 Å². The van der Waals surface area contributed by atoms with Crippen LogP contribution in [0.2, 0.25) is 0 Å². The molecule has 0 saturated carbocycles. The van der Waals surface area contributed by atoms with Crippen molar-refractivity contribution in [3.63, 3.8) is 0 Å². The fraction of sp³-hybridized carbons (Fsp3) is 0.0769. The first-order chi connectivity index (χ1) is 7.74. The summed E-state index contributed by atoms with van der Waals surface area (Å²) in [6.07, 6.45) is 0. The number of hydrogen-bond acceptors (Lipinski definition) is 1. The molecule has 0 aliphatic heterocycles. The van der Waals surface area contributed by atoms with Crippen LogP contribution in [0.15, 0.2) is 53.0 Å². The summed E-state index contributed by atoms with van der Waals surface area (Å²) >= 11 is 3.41. The van der Waals surface area contributed by atoms with Crippen LogP contribution in [0.3, 0.4) is 0 Å². The first-order valence-corrected chi connectivity index (χ1v) is 5.77. The quantitative estimate of drug-likeness (QED) is 0.888. The van der Waals surface area contributed by atoms with Crippen molar-refractivity contribution < 1.29 is 4.39 Å². The molecule has 82 valence electrons. The highest BCUT2D eigenvalue weighted by Crippen LogP contribution is 2.16. The molecule has 0 unspecified atom stereocenters. The van der Waals surface area contributed by atoms with Gasteiger partial charge >= 0.3 is 0 Å². The van der Waals surface area contributed by atoms with Gasteiger partial charge in [-0.2, -0.15) is 0 Å². The van der Waals surface area contributed by atoms with E-state index < -0.39 is 0 Å². The van der Waals surface area contributed by atoms with Gasteiger partial charge in [0.2, 0.25) is 0 Å². The van der Waals surface area contributed by atoms with Crippen molar-refractivity contribution in [2.45, 2.75) is 6.54 Å². The molecular weight excluding hydrogens is 269 g/mol. The molecule has 2 rings (SSSR count). The maximum atomic E-state index is 12.7. The minimum Gasteiger partial charge on any atom is -0.381 e. The van der Waals surface area contributed by atoms with Gasteiger partial charge in [-0.3, -0.25) is 0 Å². The van der Waals surface area contributed by atoms with Crippen molar-refractivity contribution in [2.75, 3.05) is 5.32 Å². The predicted octanol–water partition coefficient (Wildman–Crippen LogP) is 4.20. The summed E-state index contributed by atoms with van der Waals surface area (Å²) in [5.41, 5.74) is 2.10. The third-order valence-electron chi connectivity index (χ3n) is 2.23.